The first-order valence-corrected chi connectivity index (χ1v) is 7.94. The summed E-state index contributed by atoms with van der Waals surface area (Å²) in [6.07, 6.45) is 1.52. The molecule has 128 valence electrons. The van der Waals surface area contributed by atoms with Crippen molar-refractivity contribution in [1.29, 1.82) is 0 Å². The van der Waals surface area contributed by atoms with Gasteiger partial charge in [-0.15, -0.1) is 0 Å². The molecule has 1 heterocycles. The minimum Gasteiger partial charge on any atom is -0.480 e. The number of carboxylic acid groups (broad SMARTS) is 1. The van der Waals surface area contributed by atoms with Crippen molar-refractivity contribution in [3.05, 3.63) is 53.3 Å². The summed E-state index contributed by atoms with van der Waals surface area (Å²) in [6, 6.07) is 8.56. The monoisotopic (exact) mass is 329 g/mol. The molecule has 1 aromatic heterocycles. The van der Waals surface area contributed by atoms with Crippen LogP contribution in [-0.4, -0.2) is 37.7 Å². The molecule has 1 unspecified atom stereocenters. The van der Waals surface area contributed by atoms with Gasteiger partial charge < -0.3 is 10.0 Å². The van der Waals surface area contributed by atoms with Crippen LogP contribution < -0.4 is 0 Å². The van der Waals surface area contributed by atoms with E-state index in [1.807, 2.05) is 51.1 Å². The maximum atomic E-state index is 13.0. The number of amides is 1. The first-order chi connectivity index (χ1) is 11.3. The third kappa shape index (κ3) is 3.64. The van der Waals surface area contributed by atoms with Crippen LogP contribution in [0.5, 0.6) is 0 Å². The summed E-state index contributed by atoms with van der Waals surface area (Å²) in [7, 11) is 0. The Hall–Kier alpha value is -2.63. The molecular weight excluding hydrogens is 306 g/mol. The van der Waals surface area contributed by atoms with Crippen LogP contribution in [0.4, 0.5) is 0 Å². The fourth-order valence-corrected chi connectivity index (χ4v) is 2.61. The van der Waals surface area contributed by atoms with Crippen LogP contribution in [0.3, 0.4) is 0 Å². The predicted molar refractivity (Wildman–Crippen MR) is 90.8 cm³/mol. The summed E-state index contributed by atoms with van der Waals surface area (Å²) in [5.74, 6) is -1.36. The summed E-state index contributed by atoms with van der Waals surface area (Å²) in [5.41, 5.74) is 2.06. The van der Waals surface area contributed by atoms with E-state index in [0.29, 0.717) is 5.56 Å². The van der Waals surface area contributed by atoms with Crippen molar-refractivity contribution in [3.63, 3.8) is 0 Å². The van der Waals surface area contributed by atoms with Crippen LogP contribution in [-0.2, 0) is 11.3 Å². The number of carbonyl (C=O) groups excluding carboxylic acids is 1. The van der Waals surface area contributed by atoms with E-state index >= 15 is 0 Å². The van der Waals surface area contributed by atoms with E-state index < -0.39 is 12.0 Å². The quantitative estimate of drug-likeness (QED) is 0.884. The molecular formula is C18H23N3O3. The van der Waals surface area contributed by atoms with Gasteiger partial charge in [-0.1, -0.05) is 30.3 Å². The van der Waals surface area contributed by atoms with Gasteiger partial charge in [-0.3, -0.25) is 9.48 Å². The number of carbonyl (C=O) groups is 2. The summed E-state index contributed by atoms with van der Waals surface area (Å²) in [4.78, 5) is 25.8. The maximum Gasteiger partial charge on any atom is 0.326 e. The van der Waals surface area contributed by atoms with Gasteiger partial charge in [-0.25, -0.2) is 4.79 Å². The van der Waals surface area contributed by atoms with Crippen molar-refractivity contribution in [2.75, 3.05) is 0 Å². The number of aliphatic carboxylic acids is 1. The van der Waals surface area contributed by atoms with Crippen LogP contribution in [0, 0.1) is 6.92 Å². The Balaban J connectivity index is 2.36. The fourth-order valence-electron chi connectivity index (χ4n) is 2.61. The van der Waals surface area contributed by atoms with Crippen LogP contribution in [0.1, 0.15) is 48.4 Å². The third-order valence-corrected chi connectivity index (χ3v) is 4.05. The van der Waals surface area contributed by atoms with Crippen LogP contribution in [0.15, 0.2) is 36.5 Å². The minimum atomic E-state index is -1.03. The van der Waals surface area contributed by atoms with Gasteiger partial charge in [0.1, 0.15) is 6.04 Å². The topological polar surface area (TPSA) is 75.4 Å². The molecule has 0 aliphatic carbocycles. The number of nitrogens with zero attached hydrogens (tertiary/aromatic N) is 3. The Kier molecular flexibility index (Phi) is 5.39. The lowest BCUT2D eigenvalue weighted by Crippen LogP contribution is -2.42. The zero-order valence-electron chi connectivity index (χ0n) is 14.4. The van der Waals surface area contributed by atoms with E-state index in [4.69, 9.17) is 0 Å². The summed E-state index contributed by atoms with van der Waals surface area (Å²) < 4.78 is 1.76. The van der Waals surface area contributed by atoms with Crippen LogP contribution >= 0.6 is 0 Å². The Labute approximate surface area is 141 Å². The second-order valence-electron chi connectivity index (χ2n) is 6.11. The number of hydrogen-bond donors (Lipinski definition) is 1. The van der Waals surface area contributed by atoms with Gasteiger partial charge in [0.15, 0.2) is 0 Å². The van der Waals surface area contributed by atoms with Crippen LogP contribution in [0.25, 0.3) is 0 Å². The maximum absolute atomic E-state index is 13.0. The highest BCUT2D eigenvalue weighted by molar-refractivity contribution is 5.97. The fraction of sp³-hybridized carbons (Fsp3) is 0.389. The normalized spacial score (nSPS) is 12.2. The molecule has 6 heteroatoms. The molecule has 0 spiro atoms. The highest BCUT2D eigenvalue weighted by Crippen LogP contribution is 2.18. The van der Waals surface area contributed by atoms with E-state index in [0.717, 1.165) is 11.3 Å². The van der Waals surface area contributed by atoms with Crippen molar-refractivity contribution in [1.82, 2.24) is 14.7 Å². The average Bonchev–Trinajstić information content (AvgIpc) is 2.94. The van der Waals surface area contributed by atoms with Gasteiger partial charge in [0, 0.05) is 18.3 Å². The van der Waals surface area contributed by atoms with E-state index in [-0.39, 0.29) is 18.5 Å². The Morgan fingerprint density at radius 3 is 2.33 bits per heavy atom. The molecule has 0 saturated heterocycles. The molecule has 2 aromatic rings. The molecule has 24 heavy (non-hydrogen) atoms. The number of aromatic nitrogens is 2. The lowest BCUT2D eigenvalue weighted by atomic mass is 10.1. The molecule has 1 amide bonds. The lowest BCUT2D eigenvalue weighted by molar-refractivity contribution is -0.141. The van der Waals surface area contributed by atoms with Gasteiger partial charge in [0.05, 0.1) is 11.8 Å². The van der Waals surface area contributed by atoms with Crippen molar-refractivity contribution < 1.29 is 14.7 Å². The van der Waals surface area contributed by atoms with Crippen LogP contribution in [0.2, 0.25) is 0 Å². The molecule has 2 rings (SSSR count). The Morgan fingerprint density at radius 2 is 1.83 bits per heavy atom. The molecule has 1 aromatic carbocycles. The Morgan fingerprint density at radius 1 is 1.21 bits per heavy atom. The second-order valence-corrected chi connectivity index (χ2v) is 6.11. The van der Waals surface area contributed by atoms with Gasteiger partial charge in [0.25, 0.3) is 5.91 Å². The molecule has 0 aliphatic heterocycles. The molecule has 0 aliphatic rings. The molecule has 0 fully saturated rings. The zero-order valence-corrected chi connectivity index (χ0v) is 14.4. The zero-order chi connectivity index (χ0) is 17.9. The van der Waals surface area contributed by atoms with Gasteiger partial charge in [-0.05, 0) is 33.3 Å². The van der Waals surface area contributed by atoms with E-state index in [9.17, 15) is 14.7 Å². The molecule has 1 N–H and O–H groups in total. The first kappa shape index (κ1) is 17.7. The molecule has 0 saturated carbocycles. The largest absolute Gasteiger partial charge is 0.480 e. The highest BCUT2D eigenvalue weighted by atomic mass is 16.4. The number of hydrogen-bond acceptors (Lipinski definition) is 3. The van der Waals surface area contributed by atoms with Crippen molar-refractivity contribution >= 4 is 11.9 Å². The number of carboxylic acids is 1. The van der Waals surface area contributed by atoms with E-state index in [1.165, 1.54) is 18.0 Å². The number of rotatable bonds is 6. The summed E-state index contributed by atoms with van der Waals surface area (Å²) in [6.45, 7) is 7.54. The Bertz CT molecular complexity index is 722. The molecule has 0 radical (unpaired) electrons. The first-order valence-electron chi connectivity index (χ1n) is 7.94. The smallest absolute Gasteiger partial charge is 0.326 e. The van der Waals surface area contributed by atoms with Crippen molar-refractivity contribution in [2.45, 2.75) is 46.3 Å². The molecule has 0 bridgehead atoms. The van der Waals surface area contributed by atoms with E-state index in [2.05, 4.69) is 5.10 Å². The molecule has 6 nitrogen and oxygen atoms in total. The second kappa shape index (κ2) is 7.29. The summed E-state index contributed by atoms with van der Waals surface area (Å²) >= 11 is 0. The average molecular weight is 329 g/mol. The SMILES string of the molecule is Cc1c(C(=O)N(Cc2ccccc2)C(C)C(=O)O)cnn1C(C)C. The van der Waals surface area contributed by atoms with Crippen molar-refractivity contribution in [2.24, 2.45) is 0 Å². The minimum absolute atomic E-state index is 0.131. The van der Waals surface area contributed by atoms with E-state index in [1.54, 1.807) is 4.68 Å². The van der Waals surface area contributed by atoms with Gasteiger partial charge >= 0.3 is 5.97 Å². The number of benzene rings is 1. The highest BCUT2D eigenvalue weighted by Gasteiger charge is 2.29. The van der Waals surface area contributed by atoms with Crippen molar-refractivity contribution in [3.8, 4) is 0 Å². The standard InChI is InChI=1S/C18H23N3O3/c1-12(2)21-13(3)16(10-19-21)17(22)20(14(4)18(23)24)11-15-8-6-5-7-9-15/h5-10,12,14H,11H2,1-4H3,(H,23,24). The summed E-state index contributed by atoms with van der Waals surface area (Å²) in [5, 5.41) is 13.6. The lowest BCUT2D eigenvalue weighted by Gasteiger charge is -2.26. The van der Waals surface area contributed by atoms with Gasteiger partial charge in [-0.2, -0.15) is 5.10 Å². The predicted octanol–water partition coefficient (Wildman–Crippen LogP) is 2.89. The molecule has 1 atom stereocenters. The van der Waals surface area contributed by atoms with Gasteiger partial charge in [0.2, 0.25) is 0 Å². The third-order valence-electron chi connectivity index (χ3n) is 4.05.